The van der Waals surface area contributed by atoms with E-state index in [2.05, 4.69) is 29.4 Å². The van der Waals surface area contributed by atoms with Gasteiger partial charge in [-0.1, -0.05) is 41.9 Å². The minimum atomic E-state index is 0.101. The molecule has 3 aromatic rings. The van der Waals surface area contributed by atoms with Crippen molar-refractivity contribution in [3.05, 3.63) is 70.9 Å². The fourth-order valence-corrected chi connectivity index (χ4v) is 3.75. The fraction of sp³-hybridized carbons (Fsp3) is 0.286. The standard InChI is InChI=1S/C21H21ClN2O/c1-24(20(25)12-15-6-8-16(22)9-7-15)14-21(10-11-21)18-13-23-19-5-3-2-4-17(18)19/h2-9,13,23H,10-12,14H2,1H3. The number of likely N-dealkylation sites (N-methyl/N-ethyl adjacent to an activating group) is 1. The third-order valence-corrected chi connectivity index (χ3v) is 5.50. The number of para-hydroxylation sites is 1. The predicted molar refractivity (Wildman–Crippen MR) is 102 cm³/mol. The SMILES string of the molecule is CN(CC1(c2c[nH]c3ccccc23)CC1)C(=O)Cc1ccc(Cl)cc1. The van der Waals surface area contributed by atoms with Crippen LogP contribution in [-0.2, 0) is 16.6 Å². The Labute approximate surface area is 152 Å². The van der Waals surface area contributed by atoms with E-state index in [0.717, 1.165) is 24.9 Å². The Bertz CT molecular complexity index is 909. The Morgan fingerprint density at radius 3 is 2.60 bits per heavy atom. The van der Waals surface area contributed by atoms with Crippen molar-refractivity contribution in [1.82, 2.24) is 9.88 Å². The Morgan fingerprint density at radius 2 is 1.88 bits per heavy atom. The minimum absolute atomic E-state index is 0.101. The molecule has 3 nitrogen and oxygen atoms in total. The number of fused-ring (bicyclic) bond motifs is 1. The average Bonchev–Trinajstić information content (AvgIpc) is 3.25. The van der Waals surface area contributed by atoms with Crippen LogP contribution in [0.25, 0.3) is 10.9 Å². The van der Waals surface area contributed by atoms with Gasteiger partial charge in [-0.2, -0.15) is 0 Å². The number of carbonyl (C=O) groups excluding carboxylic acids is 1. The number of rotatable bonds is 5. The lowest BCUT2D eigenvalue weighted by molar-refractivity contribution is -0.129. The van der Waals surface area contributed by atoms with Crippen LogP contribution in [0.5, 0.6) is 0 Å². The Morgan fingerprint density at radius 1 is 1.16 bits per heavy atom. The molecule has 1 aromatic heterocycles. The minimum Gasteiger partial charge on any atom is -0.361 e. The van der Waals surface area contributed by atoms with Crippen molar-refractivity contribution in [3.63, 3.8) is 0 Å². The van der Waals surface area contributed by atoms with Crippen LogP contribution < -0.4 is 0 Å². The first kappa shape index (κ1) is 16.2. The monoisotopic (exact) mass is 352 g/mol. The fourth-order valence-electron chi connectivity index (χ4n) is 3.63. The molecule has 0 radical (unpaired) electrons. The highest BCUT2D eigenvalue weighted by Gasteiger charge is 2.47. The first-order valence-electron chi connectivity index (χ1n) is 8.62. The molecule has 1 fully saturated rings. The van der Waals surface area contributed by atoms with Gasteiger partial charge < -0.3 is 9.88 Å². The molecular weight excluding hydrogens is 332 g/mol. The van der Waals surface area contributed by atoms with Crippen LogP contribution in [0.2, 0.25) is 5.02 Å². The van der Waals surface area contributed by atoms with Crippen molar-refractivity contribution >= 4 is 28.4 Å². The maximum absolute atomic E-state index is 12.6. The molecule has 4 heteroatoms. The zero-order valence-corrected chi connectivity index (χ0v) is 15.0. The van der Waals surface area contributed by atoms with E-state index >= 15 is 0 Å². The molecule has 2 aromatic carbocycles. The Hall–Kier alpha value is -2.26. The summed E-state index contributed by atoms with van der Waals surface area (Å²) in [6.07, 6.45) is 4.80. The van der Waals surface area contributed by atoms with Gasteiger partial charge in [0.05, 0.1) is 6.42 Å². The van der Waals surface area contributed by atoms with E-state index in [-0.39, 0.29) is 11.3 Å². The average molecular weight is 353 g/mol. The summed E-state index contributed by atoms with van der Waals surface area (Å²) in [5.74, 6) is 0.147. The second-order valence-electron chi connectivity index (χ2n) is 7.08. The molecule has 25 heavy (non-hydrogen) atoms. The maximum Gasteiger partial charge on any atom is 0.226 e. The van der Waals surface area contributed by atoms with Crippen LogP contribution in [0.15, 0.2) is 54.7 Å². The summed E-state index contributed by atoms with van der Waals surface area (Å²) in [6, 6.07) is 15.9. The number of aromatic nitrogens is 1. The van der Waals surface area contributed by atoms with Crippen LogP contribution in [0.3, 0.4) is 0 Å². The number of amides is 1. The number of carbonyl (C=O) groups is 1. The number of H-pyrrole nitrogens is 1. The zero-order valence-electron chi connectivity index (χ0n) is 14.3. The van der Waals surface area contributed by atoms with E-state index in [1.54, 1.807) is 0 Å². The van der Waals surface area contributed by atoms with Gasteiger partial charge in [0, 0.05) is 41.1 Å². The second kappa shape index (κ2) is 6.23. The summed E-state index contributed by atoms with van der Waals surface area (Å²) in [5, 5.41) is 1.97. The van der Waals surface area contributed by atoms with Gasteiger partial charge in [-0.3, -0.25) is 4.79 Å². The summed E-state index contributed by atoms with van der Waals surface area (Å²) < 4.78 is 0. The van der Waals surface area contributed by atoms with Crippen molar-refractivity contribution in [1.29, 1.82) is 0 Å². The molecule has 0 bridgehead atoms. The van der Waals surface area contributed by atoms with Gasteiger partial charge in [0.1, 0.15) is 0 Å². The van der Waals surface area contributed by atoms with Gasteiger partial charge in [-0.15, -0.1) is 0 Å². The highest BCUT2D eigenvalue weighted by atomic mass is 35.5. The van der Waals surface area contributed by atoms with Gasteiger partial charge in [-0.05, 0) is 42.2 Å². The molecule has 1 amide bonds. The van der Waals surface area contributed by atoms with Crippen LogP contribution in [0.1, 0.15) is 24.0 Å². The normalized spacial score (nSPS) is 15.3. The van der Waals surface area contributed by atoms with Crippen molar-refractivity contribution in [3.8, 4) is 0 Å². The quantitative estimate of drug-likeness (QED) is 0.718. The van der Waals surface area contributed by atoms with Gasteiger partial charge in [0.2, 0.25) is 5.91 Å². The molecule has 0 saturated heterocycles. The van der Waals surface area contributed by atoms with Crippen molar-refractivity contribution in [2.24, 2.45) is 0 Å². The van der Waals surface area contributed by atoms with E-state index in [1.165, 1.54) is 16.5 Å². The highest BCUT2D eigenvalue weighted by Crippen LogP contribution is 2.50. The van der Waals surface area contributed by atoms with Gasteiger partial charge in [0.15, 0.2) is 0 Å². The summed E-state index contributed by atoms with van der Waals surface area (Å²) in [6.45, 7) is 0.765. The molecule has 4 rings (SSSR count). The van der Waals surface area contributed by atoms with Gasteiger partial charge in [0.25, 0.3) is 0 Å². The topological polar surface area (TPSA) is 36.1 Å². The van der Waals surface area contributed by atoms with Crippen LogP contribution in [-0.4, -0.2) is 29.4 Å². The van der Waals surface area contributed by atoms with Crippen molar-refractivity contribution in [2.45, 2.75) is 24.7 Å². The molecule has 1 aliphatic rings. The first-order chi connectivity index (χ1) is 12.1. The second-order valence-corrected chi connectivity index (χ2v) is 7.52. The first-order valence-corrected chi connectivity index (χ1v) is 9.00. The van der Waals surface area contributed by atoms with E-state index in [0.29, 0.717) is 11.4 Å². The van der Waals surface area contributed by atoms with Crippen molar-refractivity contribution in [2.75, 3.05) is 13.6 Å². The molecule has 1 N–H and O–H groups in total. The summed E-state index contributed by atoms with van der Waals surface area (Å²) in [5.41, 5.74) is 3.61. The van der Waals surface area contributed by atoms with E-state index < -0.39 is 0 Å². The van der Waals surface area contributed by atoms with E-state index in [9.17, 15) is 4.79 Å². The lowest BCUT2D eigenvalue weighted by Crippen LogP contribution is -2.35. The lowest BCUT2D eigenvalue weighted by Gasteiger charge is -2.24. The molecule has 1 heterocycles. The van der Waals surface area contributed by atoms with Crippen LogP contribution in [0, 0.1) is 0 Å². The number of nitrogens with one attached hydrogen (secondary N) is 1. The van der Waals surface area contributed by atoms with Gasteiger partial charge in [-0.25, -0.2) is 0 Å². The summed E-state index contributed by atoms with van der Waals surface area (Å²) in [7, 11) is 1.91. The molecular formula is C21H21ClN2O. The largest absolute Gasteiger partial charge is 0.361 e. The molecule has 1 aliphatic carbocycles. The molecule has 128 valence electrons. The molecule has 0 atom stereocenters. The van der Waals surface area contributed by atoms with Crippen LogP contribution in [0.4, 0.5) is 0 Å². The smallest absolute Gasteiger partial charge is 0.226 e. The predicted octanol–water partition coefficient (Wildman–Crippen LogP) is 4.55. The number of halogens is 1. The molecule has 0 unspecified atom stereocenters. The summed E-state index contributed by atoms with van der Waals surface area (Å²) >= 11 is 5.91. The van der Waals surface area contributed by atoms with E-state index in [4.69, 9.17) is 11.6 Å². The number of aromatic amines is 1. The van der Waals surface area contributed by atoms with Gasteiger partial charge >= 0.3 is 0 Å². The molecule has 1 saturated carbocycles. The Balaban J connectivity index is 1.49. The van der Waals surface area contributed by atoms with Crippen molar-refractivity contribution < 1.29 is 4.79 Å². The zero-order chi connectivity index (χ0) is 17.4. The summed E-state index contributed by atoms with van der Waals surface area (Å²) in [4.78, 5) is 17.9. The van der Waals surface area contributed by atoms with Crippen LogP contribution >= 0.6 is 11.6 Å². The number of benzene rings is 2. The number of hydrogen-bond donors (Lipinski definition) is 1. The third kappa shape index (κ3) is 3.16. The highest BCUT2D eigenvalue weighted by molar-refractivity contribution is 6.30. The maximum atomic E-state index is 12.6. The Kier molecular flexibility index (Phi) is 4.04. The molecule has 0 aliphatic heterocycles. The number of nitrogens with zero attached hydrogens (tertiary/aromatic N) is 1. The lowest BCUT2D eigenvalue weighted by atomic mass is 9.94. The third-order valence-electron chi connectivity index (χ3n) is 5.25. The van der Waals surface area contributed by atoms with E-state index in [1.807, 2.05) is 42.3 Å². The molecule has 0 spiro atoms. The number of hydrogen-bond acceptors (Lipinski definition) is 1.